The van der Waals surface area contributed by atoms with Gasteiger partial charge in [-0.15, -0.1) is 0 Å². The lowest BCUT2D eigenvalue weighted by Crippen LogP contribution is -2.25. The third-order valence-corrected chi connectivity index (χ3v) is 3.01. The number of hydrogen-bond donors (Lipinski definition) is 1. The van der Waals surface area contributed by atoms with Crippen molar-refractivity contribution in [1.29, 1.82) is 0 Å². The van der Waals surface area contributed by atoms with Gasteiger partial charge in [0, 0.05) is 18.9 Å². The molecule has 20 heavy (non-hydrogen) atoms. The summed E-state index contributed by atoms with van der Waals surface area (Å²) in [6.07, 6.45) is 3.39. The summed E-state index contributed by atoms with van der Waals surface area (Å²) in [7, 11) is 0. The Bertz CT molecular complexity index is 614. The van der Waals surface area contributed by atoms with Gasteiger partial charge in [0.25, 0.3) is 5.91 Å². The van der Waals surface area contributed by atoms with E-state index < -0.39 is 0 Å². The third kappa shape index (κ3) is 2.56. The third-order valence-electron chi connectivity index (χ3n) is 3.01. The van der Waals surface area contributed by atoms with Crippen LogP contribution >= 0.6 is 0 Å². The molecule has 0 bridgehead atoms. The van der Waals surface area contributed by atoms with Crippen LogP contribution in [0.5, 0.6) is 11.5 Å². The lowest BCUT2D eigenvalue weighted by molar-refractivity contribution is 0.0940. The first-order valence-corrected chi connectivity index (χ1v) is 6.40. The normalized spacial score (nSPS) is 12.8. The van der Waals surface area contributed by atoms with E-state index >= 15 is 0 Å². The number of pyridine rings is 1. The minimum absolute atomic E-state index is 0.177. The fourth-order valence-electron chi connectivity index (χ4n) is 2.03. The number of rotatable bonds is 3. The molecule has 1 aromatic carbocycles. The average molecular weight is 270 g/mol. The summed E-state index contributed by atoms with van der Waals surface area (Å²) in [4.78, 5) is 16.2. The molecule has 0 saturated carbocycles. The summed E-state index contributed by atoms with van der Waals surface area (Å²) in [5.41, 5.74) is 1.49. The molecule has 102 valence electrons. The maximum atomic E-state index is 12.2. The molecule has 3 rings (SSSR count). The Hall–Kier alpha value is -2.56. The van der Waals surface area contributed by atoms with Crippen molar-refractivity contribution in [2.45, 2.75) is 6.54 Å². The van der Waals surface area contributed by atoms with Gasteiger partial charge in [-0.3, -0.25) is 9.78 Å². The molecule has 1 amide bonds. The summed E-state index contributed by atoms with van der Waals surface area (Å²) in [5, 5.41) is 2.86. The quantitative estimate of drug-likeness (QED) is 0.923. The maximum absolute atomic E-state index is 12.2. The number of carbonyl (C=O) groups excluding carboxylic acids is 1. The van der Waals surface area contributed by atoms with E-state index in [1.165, 1.54) is 0 Å². The van der Waals surface area contributed by atoms with Gasteiger partial charge in [0.05, 0.1) is 5.56 Å². The van der Waals surface area contributed by atoms with Gasteiger partial charge in [0.2, 0.25) is 0 Å². The number of amides is 1. The maximum Gasteiger partial charge on any atom is 0.255 e. The van der Waals surface area contributed by atoms with E-state index in [4.69, 9.17) is 9.47 Å². The van der Waals surface area contributed by atoms with Crippen LogP contribution in [-0.4, -0.2) is 24.1 Å². The van der Waals surface area contributed by atoms with E-state index in [1.807, 2.05) is 12.1 Å². The van der Waals surface area contributed by atoms with Gasteiger partial charge >= 0.3 is 0 Å². The van der Waals surface area contributed by atoms with Gasteiger partial charge in [-0.25, -0.2) is 0 Å². The van der Waals surface area contributed by atoms with Gasteiger partial charge in [0.15, 0.2) is 11.5 Å². The zero-order chi connectivity index (χ0) is 13.8. The van der Waals surface area contributed by atoms with Crippen molar-refractivity contribution < 1.29 is 14.3 Å². The van der Waals surface area contributed by atoms with Crippen LogP contribution < -0.4 is 14.8 Å². The number of ether oxygens (including phenoxy) is 2. The molecule has 5 heteroatoms. The van der Waals surface area contributed by atoms with Crippen LogP contribution in [0.4, 0.5) is 0 Å². The number of para-hydroxylation sites is 1. The molecular weight excluding hydrogens is 256 g/mol. The Morgan fingerprint density at radius 1 is 1.15 bits per heavy atom. The van der Waals surface area contributed by atoms with Crippen LogP contribution in [0, 0.1) is 0 Å². The molecule has 1 N–H and O–H groups in total. The molecule has 5 nitrogen and oxygen atoms in total. The van der Waals surface area contributed by atoms with Crippen LogP contribution in [0.1, 0.15) is 15.9 Å². The van der Waals surface area contributed by atoms with Gasteiger partial charge in [-0.2, -0.15) is 0 Å². The molecule has 1 aromatic heterocycles. The summed E-state index contributed by atoms with van der Waals surface area (Å²) < 4.78 is 11.0. The van der Waals surface area contributed by atoms with E-state index in [0.29, 0.717) is 36.8 Å². The number of nitrogens with one attached hydrogen (secondary N) is 1. The molecule has 0 spiro atoms. The SMILES string of the molecule is O=C(NCc1ccncc1)c1cccc2c1OCCO2. The van der Waals surface area contributed by atoms with Crippen molar-refractivity contribution >= 4 is 5.91 Å². The van der Waals surface area contributed by atoms with Crippen LogP contribution in [0.2, 0.25) is 0 Å². The van der Waals surface area contributed by atoms with Crippen molar-refractivity contribution in [2.24, 2.45) is 0 Å². The molecule has 0 atom stereocenters. The van der Waals surface area contributed by atoms with Crippen molar-refractivity contribution in [3.8, 4) is 11.5 Å². The first-order chi connectivity index (χ1) is 9.84. The van der Waals surface area contributed by atoms with Crippen LogP contribution in [0.15, 0.2) is 42.7 Å². The largest absolute Gasteiger partial charge is 0.486 e. The predicted octanol–water partition coefficient (Wildman–Crippen LogP) is 1.78. The number of nitrogens with zero attached hydrogens (tertiary/aromatic N) is 1. The van der Waals surface area contributed by atoms with Crippen molar-refractivity contribution in [2.75, 3.05) is 13.2 Å². The molecule has 0 saturated heterocycles. The standard InChI is InChI=1S/C15H14N2O3/c18-15(17-10-11-4-6-16-7-5-11)12-2-1-3-13-14(12)20-9-8-19-13/h1-7H,8-10H2,(H,17,18). The molecular formula is C15H14N2O3. The summed E-state index contributed by atoms with van der Waals surface area (Å²) in [6.45, 7) is 1.42. The first-order valence-electron chi connectivity index (χ1n) is 6.40. The topological polar surface area (TPSA) is 60.5 Å². The fraction of sp³-hybridized carbons (Fsp3) is 0.200. The molecule has 0 fully saturated rings. The Morgan fingerprint density at radius 3 is 2.80 bits per heavy atom. The highest BCUT2D eigenvalue weighted by Crippen LogP contribution is 2.33. The number of fused-ring (bicyclic) bond motifs is 1. The number of aromatic nitrogens is 1. The Labute approximate surface area is 116 Å². The van der Waals surface area contributed by atoms with Crippen molar-refractivity contribution in [3.05, 3.63) is 53.9 Å². The lowest BCUT2D eigenvalue weighted by Gasteiger charge is -2.20. The minimum atomic E-state index is -0.177. The van der Waals surface area contributed by atoms with Crippen LogP contribution in [0.25, 0.3) is 0 Å². The zero-order valence-corrected chi connectivity index (χ0v) is 10.8. The number of carbonyl (C=O) groups is 1. The number of hydrogen-bond acceptors (Lipinski definition) is 4. The lowest BCUT2D eigenvalue weighted by atomic mass is 10.1. The van der Waals surface area contributed by atoms with Crippen molar-refractivity contribution in [3.63, 3.8) is 0 Å². The second-order valence-corrected chi connectivity index (χ2v) is 4.37. The van der Waals surface area contributed by atoms with E-state index in [-0.39, 0.29) is 5.91 Å². The average Bonchev–Trinajstić information content (AvgIpc) is 2.53. The van der Waals surface area contributed by atoms with E-state index in [9.17, 15) is 4.79 Å². The van der Waals surface area contributed by atoms with Gasteiger partial charge in [-0.05, 0) is 29.8 Å². The Balaban J connectivity index is 1.74. The Kier molecular flexibility index (Phi) is 3.50. The van der Waals surface area contributed by atoms with Gasteiger partial charge in [0.1, 0.15) is 13.2 Å². The first kappa shape index (κ1) is 12.5. The monoisotopic (exact) mass is 270 g/mol. The molecule has 1 aliphatic rings. The molecule has 0 radical (unpaired) electrons. The zero-order valence-electron chi connectivity index (χ0n) is 10.8. The van der Waals surface area contributed by atoms with E-state index in [2.05, 4.69) is 10.3 Å². The summed E-state index contributed by atoms with van der Waals surface area (Å²) >= 11 is 0. The second kappa shape index (κ2) is 5.61. The smallest absolute Gasteiger partial charge is 0.255 e. The summed E-state index contributed by atoms with van der Waals surface area (Å²) in [5.74, 6) is 0.961. The van der Waals surface area contributed by atoms with Crippen molar-refractivity contribution in [1.82, 2.24) is 10.3 Å². The minimum Gasteiger partial charge on any atom is -0.486 e. The molecule has 0 unspecified atom stereocenters. The fourth-order valence-corrected chi connectivity index (χ4v) is 2.03. The Morgan fingerprint density at radius 2 is 1.95 bits per heavy atom. The van der Waals surface area contributed by atoms with E-state index in [0.717, 1.165) is 5.56 Å². The van der Waals surface area contributed by atoms with Crippen LogP contribution in [-0.2, 0) is 6.54 Å². The van der Waals surface area contributed by atoms with Gasteiger partial charge < -0.3 is 14.8 Å². The molecule has 2 aromatic rings. The highest BCUT2D eigenvalue weighted by Gasteiger charge is 2.19. The second-order valence-electron chi connectivity index (χ2n) is 4.37. The predicted molar refractivity (Wildman–Crippen MR) is 72.8 cm³/mol. The highest BCUT2D eigenvalue weighted by molar-refractivity contribution is 5.97. The van der Waals surface area contributed by atoms with E-state index in [1.54, 1.807) is 30.6 Å². The highest BCUT2D eigenvalue weighted by atomic mass is 16.6. The molecule has 2 heterocycles. The van der Waals surface area contributed by atoms with Gasteiger partial charge in [-0.1, -0.05) is 6.07 Å². The number of benzene rings is 1. The molecule has 1 aliphatic heterocycles. The summed E-state index contributed by atoms with van der Waals surface area (Å²) in [6, 6.07) is 9.04. The molecule has 0 aliphatic carbocycles. The van der Waals surface area contributed by atoms with Crippen LogP contribution in [0.3, 0.4) is 0 Å².